The third kappa shape index (κ3) is 4.98. The largest absolute Gasteiger partial charge is 0.493 e. The first-order valence-corrected chi connectivity index (χ1v) is 9.46. The van der Waals surface area contributed by atoms with Gasteiger partial charge in [-0.15, -0.1) is 0 Å². The molecule has 1 aliphatic rings. The van der Waals surface area contributed by atoms with Gasteiger partial charge in [0.15, 0.2) is 0 Å². The van der Waals surface area contributed by atoms with Crippen molar-refractivity contribution in [3.05, 3.63) is 59.9 Å². The predicted molar refractivity (Wildman–Crippen MR) is 104 cm³/mol. The summed E-state index contributed by atoms with van der Waals surface area (Å²) >= 11 is 0. The van der Waals surface area contributed by atoms with Gasteiger partial charge < -0.3 is 14.5 Å². The molecule has 2 aromatic rings. The van der Waals surface area contributed by atoms with Gasteiger partial charge in [-0.25, -0.2) is 4.39 Å². The first kappa shape index (κ1) is 18.7. The average molecular weight is 355 g/mol. The number of rotatable bonds is 8. The van der Waals surface area contributed by atoms with E-state index < -0.39 is 0 Å². The van der Waals surface area contributed by atoms with Crippen molar-refractivity contribution in [2.45, 2.75) is 38.8 Å². The molecule has 0 saturated carbocycles. The van der Waals surface area contributed by atoms with Gasteiger partial charge in [-0.1, -0.05) is 6.07 Å². The molecule has 0 aliphatic carbocycles. The molecule has 139 valence electrons. The van der Waals surface area contributed by atoms with Crippen LogP contribution >= 0.6 is 0 Å². The predicted octanol–water partition coefficient (Wildman–Crippen LogP) is 4.52. The van der Waals surface area contributed by atoms with Crippen LogP contribution in [0.5, 0.6) is 5.75 Å². The lowest BCUT2D eigenvalue weighted by molar-refractivity contribution is 0.229. The molecule has 0 N–H and O–H groups in total. The first-order chi connectivity index (χ1) is 12.6. The molecule has 2 aromatic carbocycles. The molecule has 4 heteroatoms. The molecule has 1 atom stereocenters. The highest BCUT2D eigenvalue weighted by Gasteiger charge is 2.19. The number of hydrogen-bond acceptors (Lipinski definition) is 3. The Morgan fingerprint density at radius 1 is 1.27 bits per heavy atom. The lowest BCUT2D eigenvalue weighted by Gasteiger charge is -2.22. The van der Waals surface area contributed by atoms with Crippen molar-refractivity contribution in [2.24, 2.45) is 0 Å². The van der Waals surface area contributed by atoms with Crippen molar-refractivity contribution in [3.8, 4) is 5.75 Å². The summed E-state index contributed by atoms with van der Waals surface area (Å²) in [5, 5.41) is 0. The van der Waals surface area contributed by atoms with E-state index in [1.165, 1.54) is 31.5 Å². The van der Waals surface area contributed by atoms with E-state index >= 15 is 0 Å². The molecule has 3 nitrogen and oxygen atoms in total. The second kappa shape index (κ2) is 9.04. The third-order valence-electron chi connectivity index (χ3n) is 5.12. The van der Waals surface area contributed by atoms with E-state index in [0.29, 0.717) is 12.6 Å². The maximum atomic E-state index is 13.1. The van der Waals surface area contributed by atoms with E-state index in [1.807, 2.05) is 25.2 Å². The summed E-state index contributed by atoms with van der Waals surface area (Å²) in [4.78, 5) is 4.63. The molecule has 0 amide bonds. The van der Waals surface area contributed by atoms with E-state index in [1.54, 1.807) is 12.1 Å². The highest BCUT2D eigenvalue weighted by atomic mass is 19.1. The maximum Gasteiger partial charge on any atom is 0.124 e. The number of ether oxygens (including phenoxy) is 1. The highest BCUT2D eigenvalue weighted by Crippen LogP contribution is 2.23. The van der Waals surface area contributed by atoms with E-state index in [-0.39, 0.29) is 5.82 Å². The summed E-state index contributed by atoms with van der Waals surface area (Å²) in [6.07, 6.45) is 3.67. The van der Waals surface area contributed by atoms with Crippen molar-refractivity contribution in [1.82, 2.24) is 4.90 Å². The van der Waals surface area contributed by atoms with Crippen molar-refractivity contribution >= 4 is 5.69 Å². The molecule has 1 heterocycles. The van der Waals surface area contributed by atoms with Crippen molar-refractivity contribution in [1.29, 1.82) is 0 Å². The van der Waals surface area contributed by atoms with Crippen LogP contribution in [0.4, 0.5) is 10.1 Å². The van der Waals surface area contributed by atoms with Crippen LogP contribution < -0.4 is 9.64 Å². The molecule has 0 aromatic heterocycles. The molecule has 0 bridgehead atoms. The SMILES string of the molecule is CC1CCCN1CCCOc1cc[c]cc1CN(C)c1ccc(F)cc1. The Morgan fingerprint density at radius 3 is 2.81 bits per heavy atom. The summed E-state index contributed by atoms with van der Waals surface area (Å²) in [5.74, 6) is 0.693. The van der Waals surface area contributed by atoms with E-state index in [4.69, 9.17) is 4.74 Å². The van der Waals surface area contributed by atoms with Crippen molar-refractivity contribution in [3.63, 3.8) is 0 Å². The molecule has 1 aliphatic heterocycles. The number of benzene rings is 2. The summed E-state index contributed by atoms with van der Waals surface area (Å²) in [5.41, 5.74) is 2.07. The van der Waals surface area contributed by atoms with Gasteiger partial charge in [0.2, 0.25) is 0 Å². The van der Waals surface area contributed by atoms with Crippen LogP contribution in [0.1, 0.15) is 31.7 Å². The quantitative estimate of drug-likeness (QED) is 0.648. The van der Waals surface area contributed by atoms with E-state index in [2.05, 4.69) is 22.8 Å². The minimum atomic E-state index is -0.216. The van der Waals surface area contributed by atoms with Crippen LogP contribution in [0.3, 0.4) is 0 Å². The normalized spacial score (nSPS) is 17.4. The van der Waals surface area contributed by atoms with Crippen LogP contribution in [-0.4, -0.2) is 37.7 Å². The summed E-state index contributed by atoms with van der Waals surface area (Å²) in [7, 11) is 2.00. The molecule has 1 saturated heterocycles. The smallest absolute Gasteiger partial charge is 0.124 e. The molecule has 1 fully saturated rings. The molecular formula is C22H28FN2O. The molecule has 26 heavy (non-hydrogen) atoms. The molecule has 3 rings (SSSR count). The summed E-state index contributed by atoms with van der Waals surface area (Å²) in [6, 6.07) is 16.2. The van der Waals surface area contributed by atoms with Gasteiger partial charge in [-0.05, 0) is 75.2 Å². The standard InChI is InChI=1S/C22H28FN2O/c1-18-7-5-14-25(18)15-6-16-26-22-9-4-3-8-19(22)17-24(2)21-12-10-20(23)11-13-21/h4,8-13,18H,5-7,14-17H2,1-2H3. The Labute approximate surface area is 156 Å². The second-order valence-corrected chi connectivity index (χ2v) is 7.10. The first-order valence-electron chi connectivity index (χ1n) is 9.46. The minimum absolute atomic E-state index is 0.216. The van der Waals surface area contributed by atoms with Crippen LogP contribution in [0.2, 0.25) is 0 Å². The fourth-order valence-electron chi connectivity index (χ4n) is 3.53. The molecule has 0 spiro atoms. The summed E-state index contributed by atoms with van der Waals surface area (Å²) < 4.78 is 19.2. The van der Waals surface area contributed by atoms with Gasteiger partial charge in [0, 0.05) is 37.4 Å². The Hall–Kier alpha value is -2.07. The summed E-state index contributed by atoms with van der Waals surface area (Å²) in [6.45, 7) is 6.05. The lowest BCUT2D eigenvalue weighted by Crippen LogP contribution is -2.28. The van der Waals surface area contributed by atoms with Gasteiger partial charge in [0.05, 0.1) is 6.61 Å². The van der Waals surface area contributed by atoms with E-state index in [9.17, 15) is 4.39 Å². The second-order valence-electron chi connectivity index (χ2n) is 7.10. The van der Waals surface area contributed by atoms with Crippen molar-refractivity contribution in [2.75, 3.05) is 31.6 Å². The van der Waals surface area contributed by atoms with Crippen LogP contribution in [0, 0.1) is 11.9 Å². The fourth-order valence-corrected chi connectivity index (χ4v) is 3.53. The van der Waals surface area contributed by atoms with Crippen molar-refractivity contribution < 1.29 is 9.13 Å². The minimum Gasteiger partial charge on any atom is -0.493 e. The number of hydrogen-bond donors (Lipinski definition) is 0. The molecule has 1 radical (unpaired) electrons. The average Bonchev–Trinajstić information content (AvgIpc) is 3.05. The maximum absolute atomic E-state index is 13.1. The fraction of sp³-hybridized carbons (Fsp3) is 0.455. The lowest BCUT2D eigenvalue weighted by atomic mass is 10.1. The number of nitrogens with zero attached hydrogens (tertiary/aromatic N) is 2. The van der Waals surface area contributed by atoms with Gasteiger partial charge in [-0.2, -0.15) is 0 Å². The molecule has 1 unspecified atom stereocenters. The monoisotopic (exact) mass is 355 g/mol. The van der Waals surface area contributed by atoms with Gasteiger partial charge in [0.25, 0.3) is 0 Å². The Bertz CT molecular complexity index is 689. The Morgan fingerprint density at radius 2 is 2.08 bits per heavy atom. The number of anilines is 1. The number of halogens is 1. The Balaban J connectivity index is 1.53. The van der Waals surface area contributed by atoms with Crippen LogP contribution in [0.25, 0.3) is 0 Å². The number of likely N-dealkylation sites (tertiary alicyclic amines) is 1. The third-order valence-corrected chi connectivity index (χ3v) is 5.12. The molecular weight excluding hydrogens is 327 g/mol. The highest BCUT2D eigenvalue weighted by molar-refractivity contribution is 5.47. The van der Waals surface area contributed by atoms with E-state index in [0.717, 1.165) is 36.6 Å². The zero-order chi connectivity index (χ0) is 18.4. The van der Waals surface area contributed by atoms with Gasteiger partial charge in [0.1, 0.15) is 11.6 Å². The van der Waals surface area contributed by atoms with Gasteiger partial charge in [-0.3, -0.25) is 0 Å². The Kier molecular flexibility index (Phi) is 6.51. The topological polar surface area (TPSA) is 15.7 Å². The van der Waals surface area contributed by atoms with Crippen LogP contribution in [0.15, 0.2) is 42.5 Å². The zero-order valence-electron chi connectivity index (χ0n) is 15.7. The van der Waals surface area contributed by atoms with Gasteiger partial charge >= 0.3 is 0 Å². The van der Waals surface area contributed by atoms with Crippen LogP contribution in [-0.2, 0) is 6.54 Å². The zero-order valence-corrected chi connectivity index (χ0v) is 15.7.